The lowest BCUT2D eigenvalue weighted by molar-refractivity contribution is 0.251. The van der Waals surface area contributed by atoms with Crippen LogP contribution < -0.4 is 10.5 Å². The van der Waals surface area contributed by atoms with E-state index in [9.17, 15) is 8.78 Å². The smallest absolute Gasteiger partial charge is 0.202 e. The minimum Gasteiger partial charge on any atom is -0.490 e. The van der Waals surface area contributed by atoms with Crippen molar-refractivity contribution in [1.82, 2.24) is 0 Å². The van der Waals surface area contributed by atoms with E-state index in [2.05, 4.69) is 0 Å². The second-order valence-electron chi connectivity index (χ2n) is 3.15. The van der Waals surface area contributed by atoms with Crippen LogP contribution in [0.25, 0.3) is 0 Å². The molecule has 1 aromatic carbocycles. The monoisotopic (exact) mass is 219 g/mol. The number of benzene rings is 1. The lowest BCUT2D eigenvalue weighted by atomic mass is 10.0. The minimum atomic E-state index is -1.08. The van der Waals surface area contributed by atoms with Gasteiger partial charge in [0.05, 0.1) is 11.6 Å². The van der Waals surface area contributed by atoms with Crippen LogP contribution in [0.4, 0.5) is 8.78 Å². The molecule has 1 aliphatic rings. The number of fused-ring (bicyclic) bond motifs is 1. The van der Waals surface area contributed by atoms with Crippen molar-refractivity contribution in [3.63, 3.8) is 0 Å². The summed E-state index contributed by atoms with van der Waals surface area (Å²) in [6, 6.07) is 0.977. The first-order valence-corrected chi connectivity index (χ1v) is 4.55. The van der Waals surface area contributed by atoms with Gasteiger partial charge in [-0.15, -0.1) is 0 Å². The molecule has 0 unspecified atom stereocenters. The molecule has 2 nitrogen and oxygen atoms in total. The van der Waals surface area contributed by atoms with Gasteiger partial charge in [-0.05, 0) is 6.07 Å². The zero-order valence-corrected chi connectivity index (χ0v) is 7.94. The van der Waals surface area contributed by atoms with Crippen molar-refractivity contribution in [2.75, 3.05) is 6.61 Å². The molecule has 0 fully saturated rings. The summed E-state index contributed by atoms with van der Waals surface area (Å²) in [7, 11) is 0. The van der Waals surface area contributed by atoms with Crippen LogP contribution in [0.3, 0.4) is 0 Å². The van der Waals surface area contributed by atoms with E-state index in [1.54, 1.807) is 0 Å². The van der Waals surface area contributed by atoms with Gasteiger partial charge in [-0.3, -0.25) is 0 Å². The average Bonchev–Trinajstić information content (AvgIpc) is 2.17. The van der Waals surface area contributed by atoms with Gasteiger partial charge in [-0.1, -0.05) is 11.6 Å². The fourth-order valence-corrected chi connectivity index (χ4v) is 1.66. The molecule has 5 heteroatoms. The van der Waals surface area contributed by atoms with E-state index in [-0.39, 0.29) is 16.8 Å². The molecule has 1 aliphatic heterocycles. The first-order valence-electron chi connectivity index (χ1n) is 4.17. The van der Waals surface area contributed by atoms with Crippen LogP contribution in [0, 0.1) is 11.6 Å². The Morgan fingerprint density at radius 2 is 2.14 bits per heavy atom. The zero-order valence-electron chi connectivity index (χ0n) is 7.19. The van der Waals surface area contributed by atoms with Crippen LogP contribution in [0.1, 0.15) is 18.0 Å². The Bertz CT molecular complexity index is 384. The van der Waals surface area contributed by atoms with E-state index in [4.69, 9.17) is 22.1 Å². The average molecular weight is 220 g/mol. The Balaban J connectivity index is 2.63. The summed E-state index contributed by atoms with van der Waals surface area (Å²) >= 11 is 5.49. The maximum Gasteiger partial charge on any atom is 0.202 e. The van der Waals surface area contributed by atoms with Crippen LogP contribution in [0.15, 0.2) is 6.07 Å². The van der Waals surface area contributed by atoms with Gasteiger partial charge in [0.25, 0.3) is 0 Å². The van der Waals surface area contributed by atoms with Crippen molar-refractivity contribution in [2.45, 2.75) is 12.5 Å². The number of halogens is 3. The molecular weight excluding hydrogens is 212 g/mol. The fourth-order valence-electron chi connectivity index (χ4n) is 1.46. The molecule has 2 rings (SSSR count). The number of hydrogen-bond donors (Lipinski definition) is 1. The van der Waals surface area contributed by atoms with Crippen LogP contribution >= 0.6 is 11.6 Å². The molecule has 0 amide bonds. The second-order valence-corrected chi connectivity index (χ2v) is 3.56. The Kier molecular flexibility index (Phi) is 2.33. The first-order chi connectivity index (χ1) is 6.61. The van der Waals surface area contributed by atoms with Crippen molar-refractivity contribution in [1.29, 1.82) is 0 Å². The summed E-state index contributed by atoms with van der Waals surface area (Å²) in [5, 5.41) is -0.262. The molecule has 1 atom stereocenters. The van der Waals surface area contributed by atoms with Gasteiger partial charge in [-0.25, -0.2) is 4.39 Å². The molecule has 0 radical (unpaired) electrons. The SMILES string of the molecule is N[C@@H]1CCOc2c1cc(Cl)c(F)c2F. The fraction of sp³-hybridized carbons (Fsp3) is 0.333. The van der Waals surface area contributed by atoms with Gasteiger partial charge in [0.2, 0.25) is 5.82 Å². The van der Waals surface area contributed by atoms with Gasteiger partial charge in [0.1, 0.15) is 0 Å². The van der Waals surface area contributed by atoms with Crippen molar-refractivity contribution in [3.8, 4) is 5.75 Å². The molecule has 76 valence electrons. The summed E-state index contributed by atoms with van der Waals surface area (Å²) in [6.45, 7) is 0.298. The zero-order chi connectivity index (χ0) is 10.3. The molecule has 14 heavy (non-hydrogen) atoms. The molecule has 0 bridgehead atoms. The molecule has 2 N–H and O–H groups in total. The minimum absolute atomic E-state index is 0.106. The Morgan fingerprint density at radius 1 is 1.43 bits per heavy atom. The third kappa shape index (κ3) is 1.35. The normalized spacial score (nSPS) is 20.1. The third-order valence-corrected chi connectivity index (χ3v) is 2.50. The van der Waals surface area contributed by atoms with Gasteiger partial charge >= 0.3 is 0 Å². The number of nitrogens with two attached hydrogens (primary N) is 1. The van der Waals surface area contributed by atoms with Crippen LogP contribution in [0.2, 0.25) is 5.02 Å². The molecule has 0 saturated carbocycles. The number of rotatable bonds is 0. The predicted molar refractivity (Wildman–Crippen MR) is 48.4 cm³/mol. The third-order valence-electron chi connectivity index (χ3n) is 2.22. The van der Waals surface area contributed by atoms with Gasteiger partial charge in [0, 0.05) is 18.0 Å². The van der Waals surface area contributed by atoms with E-state index in [0.29, 0.717) is 18.6 Å². The largest absolute Gasteiger partial charge is 0.490 e. The van der Waals surface area contributed by atoms with Gasteiger partial charge in [0.15, 0.2) is 11.6 Å². The molecule has 0 aliphatic carbocycles. The highest BCUT2D eigenvalue weighted by Gasteiger charge is 2.25. The lowest BCUT2D eigenvalue weighted by Gasteiger charge is -2.23. The summed E-state index contributed by atoms with van der Waals surface area (Å²) in [5.74, 6) is -2.24. The molecule has 1 heterocycles. The van der Waals surface area contributed by atoms with Crippen molar-refractivity contribution in [2.24, 2.45) is 5.73 Å². The second kappa shape index (κ2) is 3.37. The quantitative estimate of drug-likeness (QED) is 0.680. The topological polar surface area (TPSA) is 35.2 Å². The lowest BCUT2D eigenvalue weighted by Crippen LogP contribution is -2.21. The number of hydrogen-bond acceptors (Lipinski definition) is 2. The highest BCUT2D eigenvalue weighted by Crippen LogP contribution is 2.37. The van der Waals surface area contributed by atoms with E-state index in [1.165, 1.54) is 6.07 Å². The molecule has 1 aromatic rings. The molecule has 0 spiro atoms. The van der Waals surface area contributed by atoms with Crippen molar-refractivity contribution < 1.29 is 13.5 Å². The van der Waals surface area contributed by atoms with Crippen LogP contribution in [-0.4, -0.2) is 6.61 Å². The van der Waals surface area contributed by atoms with E-state index < -0.39 is 11.6 Å². The standard InChI is InChI=1S/C9H8ClF2NO/c10-5-3-4-6(13)1-2-14-9(4)8(12)7(5)11/h3,6H,1-2,13H2/t6-/m1/s1. The summed E-state index contributed by atoms with van der Waals surface area (Å²) in [4.78, 5) is 0. The van der Waals surface area contributed by atoms with Crippen LogP contribution in [-0.2, 0) is 0 Å². The highest BCUT2D eigenvalue weighted by atomic mass is 35.5. The first kappa shape index (κ1) is 9.68. The molecule has 0 saturated heterocycles. The maximum atomic E-state index is 13.3. The van der Waals surface area contributed by atoms with Crippen LogP contribution in [0.5, 0.6) is 5.75 Å². The maximum absolute atomic E-state index is 13.3. The van der Waals surface area contributed by atoms with Gasteiger partial charge in [-0.2, -0.15) is 4.39 Å². The molecule has 0 aromatic heterocycles. The summed E-state index contributed by atoms with van der Waals surface area (Å²) < 4.78 is 31.3. The summed E-state index contributed by atoms with van der Waals surface area (Å²) in [6.07, 6.45) is 0.578. The van der Waals surface area contributed by atoms with E-state index >= 15 is 0 Å². The Morgan fingerprint density at radius 3 is 2.86 bits per heavy atom. The van der Waals surface area contributed by atoms with E-state index in [0.717, 1.165) is 0 Å². The Hall–Kier alpha value is -0.870. The Labute approximate surface area is 84.6 Å². The van der Waals surface area contributed by atoms with E-state index in [1.807, 2.05) is 0 Å². The predicted octanol–water partition coefficient (Wildman–Crippen LogP) is 2.40. The molecular formula is C9H8ClF2NO. The van der Waals surface area contributed by atoms with Gasteiger partial charge < -0.3 is 10.5 Å². The van der Waals surface area contributed by atoms with Crippen molar-refractivity contribution >= 4 is 11.6 Å². The van der Waals surface area contributed by atoms with Crippen molar-refractivity contribution in [3.05, 3.63) is 28.3 Å². The summed E-state index contributed by atoms with van der Waals surface area (Å²) in [5.41, 5.74) is 6.14. The highest BCUT2D eigenvalue weighted by molar-refractivity contribution is 6.30. The number of ether oxygens (including phenoxy) is 1.